The molecule has 0 saturated heterocycles. The van der Waals surface area contributed by atoms with Gasteiger partial charge in [0.05, 0.1) is 0 Å². The van der Waals surface area contributed by atoms with Crippen molar-refractivity contribution in [1.82, 2.24) is 4.90 Å². The highest BCUT2D eigenvalue weighted by Gasteiger charge is 2.20. The number of aliphatic carboxylic acids is 1. The normalized spacial score (nSPS) is 13.4. The minimum atomic E-state index is -0.984. The molecule has 0 fully saturated rings. The van der Waals surface area contributed by atoms with Gasteiger partial charge in [-0.15, -0.1) is 0 Å². The van der Waals surface area contributed by atoms with E-state index in [1.807, 2.05) is 24.3 Å². The molecule has 0 spiro atoms. The average Bonchev–Trinajstić information content (AvgIpc) is 3.02. The molecule has 1 atom stereocenters. The van der Waals surface area contributed by atoms with Crippen molar-refractivity contribution in [2.45, 2.75) is 78.3 Å². The van der Waals surface area contributed by atoms with Crippen molar-refractivity contribution < 1.29 is 19.4 Å². The van der Waals surface area contributed by atoms with Gasteiger partial charge in [-0.25, -0.2) is 0 Å². The van der Waals surface area contributed by atoms with E-state index in [2.05, 4.69) is 79.4 Å². The number of carbonyl (C=O) groups is 1. The zero-order chi connectivity index (χ0) is 30.9. The van der Waals surface area contributed by atoms with Crippen LogP contribution in [0.4, 0.5) is 0 Å². The number of carboxylic acid groups (broad SMARTS) is 1. The van der Waals surface area contributed by atoms with Gasteiger partial charge in [-0.1, -0.05) is 83.9 Å². The van der Waals surface area contributed by atoms with E-state index in [1.54, 1.807) is 0 Å². The summed E-state index contributed by atoms with van der Waals surface area (Å²) in [6, 6.07) is 28.5. The number of para-hydroxylation sites is 1. The van der Waals surface area contributed by atoms with Crippen molar-refractivity contribution in [3.05, 3.63) is 129 Å². The van der Waals surface area contributed by atoms with Crippen LogP contribution < -0.4 is 15.2 Å². The van der Waals surface area contributed by atoms with Crippen molar-refractivity contribution in [2.75, 3.05) is 6.54 Å². The first-order chi connectivity index (χ1) is 21.3. The molecule has 0 saturated carbocycles. The van der Waals surface area contributed by atoms with E-state index >= 15 is 0 Å². The lowest BCUT2D eigenvalue weighted by atomic mass is 9.89. The second-order valence-corrected chi connectivity index (χ2v) is 12.0. The van der Waals surface area contributed by atoms with E-state index in [4.69, 9.17) is 15.2 Å². The number of benzene rings is 4. The summed E-state index contributed by atoms with van der Waals surface area (Å²) in [5.41, 5.74) is 15.6. The first-order valence-electron chi connectivity index (χ1n) is 15.6. The molecule has 0 aliphatic heterocycles. The lowest BCUT2D eigenvalue weighted by Gasteiger charge is -2.27. The molecule has 4 aromatic carbocycles. The van der Waals surface area contributed by atoms with Crippen LogP contribution in [0.1, 0.15) is 63.8 Å². The standard InChI is InChI=1S/C38H44N2O4/c1-27-9-7-11-29(19-27)25-43-36-16-6-5-15-33(36)23-40(18-17-35(39)38(41)42)24-34-21-31-13-3-4-14-32(31)22-37(34)44-26-30-12-8-10-28(2)20-30/h5-12,15-16,19-22,35H,3-4,13-14,17-18,23-26,39H2,1-2H3,(H,41,42)/t35-/m0/s1. The van der Waals surface area contributed by atoms with E-state index in [1.165, 1.54) is 35.1 Å². The summed E-state index contributed by atoms with van der Waals surface area (Å²) in [7, 11) is 0. The highest BCUT2D eigenvalue weighted by Crippen LogP contribution is 2.32. The average molecular weight is 593 g/mol. The third kappa shape index (κ3) is 8.71. The van der Waals surface area contributed by atoms with Gasteiger partial charge < -0.3 is 20.3 Å². The highest BCUT2D eigenvalue weighted by molar-refractivity contribution is 5.73. The van der Waals surface area contributed by atoms with Crippen LogP contribution in [0.5, 0.6) is 11.5 Å². The maximum atomic E-state index is 11.6. The Labute approximate surface area is 261 Å². The Morgan fingerprint density at radius 1 is 0.773 bits per heavy atom. The monoisotopic (exact) mass is 592 g/mol. The van der Waals surface area contributed by atoms with Gasteiger partial charge in [0, 0.05) is 30.8 Å². The Balaban J connectivity index is 1.40. The molecule has 0 aromatic heterocycles. The van der Waals surface area contributed by atoms with Gasteiger partial charge in [-0.05, 0) is 80.3 Å². The Hall–Kier alpha value is -4.13. The van der Waals surface area contributed by atoms with Crippen molar-refractivity contribution in [3.63, 3.8) is 0 Å². The molecule has 0 unspecified atom stereocenters. The molecule has 3 N–H and O–H groups in total. The van der Waals surface area contributed by atoms with Crippen molar-refractivity contribution in [2.24, 2.45) is 5.73 Å². The van der Waals surface area contributed by atoms with Gasteiger partial charge in [-0.2, -0.15) is 0 Å². The van der Waals surface area contributed by atoms with Crippen LogP contribution in [0.25, 0.3) is 0 Å². The maximum absolute atomic E-state index is 11.6. The Morgan fingerprint density at radius 3 is 2.00 bits per heavy atom. The molecular weight excluding hydrogens is 548 g/mol. The fourth-order valence-electron chi connectivity index (χ4n) is 5.91. The number of nitrogens with two attached hydrogens (primary N) is 1. The summed E-state index contributed by atoms with van der Waals surface area (Å²) in [6.07, 6.45) is 4.87. The zero-order valence-electron chi connectivity index (χ0n) is 25.9. The van der Waals surface area contributed by atoms with Gasteiger partial charge in [-0.3, -0.25) is 9.69 Å². The molecular formula is C38H44N2O4. The molecule has 6 heteroatoms. The third-order valence-electron chi connectivity index (χ3n) is 8.31. The number of carboxylic acids is 1. The fourth-order valence-corrected chi connectivity index (χ4v) is 5.91. The zero-order valence-corrected chi connectivity index (χ0v) is 25.9. The van der Waals surface area contributed by atoms with E-state index in [0.717, 1.165) is 46.6 Å². The number of ether oxygens (including phenoxy) is 2. The summed E-state index contributed by atoms with van der Waals surface area (Å²) >= 11 is 0. The van der Waals surface area contributed by atoms with Gasteiger partial charge in [0.1, 0.15) is 30.8 Å². The number of hydrogen-bond donors (Lipinski definition) is 2. The SMILES string of the molecule is Cc1cccc(COc2ccccc2CN(CC[C@H](N)C(=O)O)Cc2cc3c(cc2OCc2cccc(C)c2)CCCC3)c1. The van der Waals surface area contributed by atoms with E-state index in [9.17, 15) is 9.90 Å². The van der Waals surface area contributed by atoms with Gasteiger partial charge in [0.15, 0.2) is 0 Å². The quantitative estimate of drug-likeness (QED) is 0.162. The molecule has 1 aliphatic rings. The summed E-state index contributed by atoms with van der Waals surface area (Å²) in [6.45, 7) is 6.86. The van der Waals surface area contributed by atoms with Crippen LogP contribution in [0.2, 0.25) is 0 Å². The molecule has 1 aliphatic carbocycles. The predicted molar refractivity (Wildman–Crippen MR) is 175 cm³/mol. The topological polar surface area (TPSA) is 85.0 Å². The van der Waals surface area contributed by atoms with Crippen LogP contribution in [0.3, 0.4) is 0 Å². The lowest BCUT2D eigenvalue weighted by Crippen LogP contribution is -2.35. The number of nitrogens with zero attached hydrogens (tertiary/aromatic N) is 1. The second-order valence-electron chi connectivity index (χ2n) is 12.0. The van der Waals surface area contributed by atoms with Gasteiger partial charge >= 0.3 is 5.97 Å². The molecule has 44 heavy (non-hydrogen) atoms. The number of rotatable bonds is 14. The molecule has 5 rings (SSSR count). The molecule has 0 bridgehead atoms. The molecule has 0 heterocycles. The van der Waals surface area contributed by atoms with E-state index in [0.29, 0.717) is 39.3 Å². The van der Waals surface area contributed by atoms with E-state index in [-0.39, 0.29) is 0 Å². The molecule has 6 nitrogen and oxygen atoms in total. The van der Waals surface area contributed by atoms with Crippen molar-refractivity contribution >= 4 is 5.97 Å². The Bertz CT molecular complexity index is 1570. The fraction of sp³-hybridized carbons (Fsp3) is 0.342. The summed E-state index contributed by atoms with van der Waals surface area (Å²) in [4.78, 5) is 13.9. The Kier molecular flexibility index (Phi) is 10.7. The van der Waals surface area contributed by atoms with Gasteiger partial charge in [0.2, 0.25) is 0 Å². The largest absolute Gasteiger partial charge is 0.489 e. The first-order valence-corrected chi connectivity index (χ1v) is 15.6. The van der Waals surface area contributed by atoms with Crippen LogP contribution in [0, 0.1) is 13.8 Å². The highest BCUT2D eigenvalue weighted by atomic mass is 16.5. The van der Waals surface area contributed by atoms with Crippen molar-refractivity contribution in [3.8, 4) is 11.5 Å². The van der Waals surface area contributed by atoms with Crippen molar-refractivity contribution in [1.29, 1.82) is 0 Å². The molecule has 0 radical (unpaired) electrons. The summed E-state index contributed by atoms with van der Waals surface area (Å²) in [5.74, 6) is 0.731. The second kappa shape index (κ2) is 15.0. The summed E-state index contributed by atoms with van der Waals surface area (Å²) < 4.78 is 12.8. The van der Waals surface area contributed by atoms with Gasteiger partial charge in [0.25, 0.3) is 0 Å². The smallest absolute Gasteiger partial charge is 0.320 e. The molecule has 4 aromatic rings. The van der Waals surface area contributed by atoms with Crippen LogP contribution >= 0.6 is 0 Å². The minimum absolute atomic E-state index is 0.339. The van der Waals surface area contributed by atoms with Crippen LogP contribution in [-0.4, -0.2) is 28.6 Å². The lowest BCUT2D eigenvalue weighted by molar-refractivity contribution is -0.138. The van der Waals surface area contributed by atoms with Crippen LogP contribution in [-0.2, 0) is 43.9 Å². The maximum Gasteiger partial charge on any atom is 0.320 e. The molecule has 0 amide bonds. The third-order valence-corrected chi connectivity index (χ3v) is 8.31. The first kappa shape index (κ1) is 31.3. The number of aryl methyl sites for hydroxylation is 4. The molecule has 230 valence electrons. The number of hydrogen-bond acceptors (Lipinski definition) is 5. The van der Waals surface area contributed by atoms with E-state index < -0.39 is 12.0 Å². The predicted octanol–water partition coefficient (Wildman–Crippen LogP) is 7.14. The van der Waals surface area contributed by atoms with Crippen LogP contribution in [0.15, 0.2) is 84.9 Å². The number of fused-ring (bicyclic) bond motifs is 1. The Morgan fingerprint density at radius 2 is 1.36 bits per heavy atom. The summed E-state index contributed by atoms with van der Waals surface area (Å²) in [5, 5.41) is 9.51. The minimum Gasteiger partial charge on any atom is -0.489 e.